The Hall–Kier alpha value is -3.68. The molecule has 0 aliphatic rings. The minimum atomic E-state index is -0.0150. The first-order valence-electron chi connectivity index (χ1n) is 18.3. The fraction of sp³-hybridized carbons (Fsp3) is 0.455. The summed E-state index contributed by atoms with van der Waals surface area (Å²) in [4.78, 5) is 4.95. The van der Waals surface area contributed by atoms with Gasteiger partial charge in [-0.15, -0.1) is 0 Å². The summed E-state index contributed by atoms with van der Waals surface area (Å²) in [6, 6.07) is 33.4. The van der Waals surface area contributed by atoms with Gasteiger partial charge in [0.05, 0.1) is 13.2 Å². The Morgan fingerprint density at radius 3 is 1.06 bits per heavy atom. The molecule has 0 aromatic heterocycles. The van der Waals surface area contributed by atoms with Crippen LogP contribution in [0.3, 0.4) is 0 Å². The second kappa shape index (κ2) is 20.2. The van der Waals surface area contributed by atoms with Crippen LogP contribution < -0.4 is 0 Å². The molecule has 0 saturated carbocycles. The molecular weight excluding hydrogens is 620 g/mol. The Morgan fingerprint density at radius 2 is 0.780 bits per heavy atom. The molecule has 2 atom stereocenters. The molecular formula is C44H62N2O4. The Morgan fingerprint density at radius 1 is 0.460 bits per heavy atom. The minimum Gasteiger partial charge on any atom is -0.508 e. The largest absolute Gasteiger partial charge is 0.508 e. The molecule has 0 unspecified atom stereocenters. The molecule has 0 fully saturated rings. The van der Waals surface area contributed by atoms with Gasteiger partial charge in [-0.3, -0.25) is 9.80 Å². The van der Waals surface area contributed by atoms with E-state index in [9.17, 15) is 20.4 Å². The van der Waals surface area contributed by atoms with Crippen LogP contribution in [-0.2, 0) is 13.2 Å². The summed E-state index contributed by atoms with van der Waals surface area (Å²) in [7, 11) is 0. The van der Waals surface area contributed by atoms with Gasteiger partial charge in [-0.1, -0.05) is 72.8 Å². The summed E-state index contributed by atoms with van der Waals surface area (Å²) in [5.41, 5.74) is 5.84. The number of aliphatic hydroxyl groups excluding tert-OH is 2. The number of phenolic OH excluding ortho intramolecular Hbond substituents is 2. The fourth-order valence-corrected chi connectivity index (χ4v) is 7.12. The van der Waals surface area contributed by atoms with Gasteiger partial charge in [-0.2, -0.15) is 0 Å². The Bertz CT molecular complexity index is 1410. The molecule has 6 nitrogen and oxygen atoms in total. The molecule has 4 aromatic rings. The van der Waals surface area contributed by atoms with E-state index < -0.39 is 0 Å². The highest BCUT2D eigenvalue weighted by Gasteiger charge is 2.23. The van der Waals surface area contributed by atoms with E-state index in [4.69, 9.17) is 0 Å². The zero-order valence-electron chi connectivity index (χ0n) is 31.6. The maximum Gasteiger partial charge on any atom is 0.119 e. The first kappa shape index (κ1) is 40.7. The molecule has 0 aliphatic heterocycles. The number of hydrogen-bond acceptors (Lipinski definition) is 6. The molecule has 0 saturated heterocycles. The van der Waals surface area contributed by atoms with Crippen molar-refractivity contribution in [3.05, 3.63) is 130 Å². The van der Waals surface area contributed by atoms with E-state index in [-0.39, 0.29) is 25.0 Å². The van der Waals surface area contributed by atoms with E-state index in [2.05, 4.69) is 89.5 Å². The number of rotatable bonds is 16. The highest BCUT2D eigenvalue weighted by molar-refractivity contribution is 5.45. The SMILES string of the molecule is CC(C)N(CC[C@@H](c1ccccc1)c1cc(CO)ccc1O)C(C)C.CC(C)N(CC[C@H](c1ccccc1)c1cc(CO)ccc1O)C(C)C. The van der Waals surface area contributed by atoms with Crippen LogP contribution in [-0.4, -0.2) is 67.5 Å². The van der Waals surface area contributed by atoms with Crippen molar-refractivity contribution in [1.82, 2.24) is 9.80 Å². The number of nitrogens with zero attached hydrogens (tertiary/aromatic N) is 2. The second-order valence-corrected chi connectivity index (χ2v) is 14.5. The van der Waals surface area contributed by atoms with Gasteiger partial charge >= 0.3 is 0 Å². The van der Waals surface area contributed by atoms with Crippen LogP contribution in [0.1, 0.15) is 113 Å². The van der Waals surface area contributed by atoms with Gasteiger partial charge in [-0.25, -0.2) is 0 Å². The number of aliphatic hydroxyl groups is 2. The zero-order chi connectivity index (χ0) is 36.8. The summed E-state index contributed by atoms with van der Waals surface area (Å²) >= 11 is 0. The van der Waals surface area contributed by atoms with Gasteiger partial charge in [0.1, 0.15) is 11.5 Å². The van der Waals surface area contributed by atoms with Crippen LogP contribution in [0.5, 0.6) is 11.5 Å². The summed E-state index contributed by atoms with van der Waals surface area (Å²) < 4.78 is 0. The summed E-state index contributed by atoms with van der Waals surface area (Å²) in [5.74, 6) is 0.804. The average Bonchev–Trinajstić information content (AvgIpc) is 3.10. The van der Waals surface area contributed by atoms with Gasteiger partial charge in [0.2, 0.25) is 0 Å². The van der Waals surface area contributed by atoms with E-state index in [1.165, 1.54) is 11.1 Å². The van der Waals surface area contributed by atoms with Crippen molar-refractivity contribution in [2.24, 2.45) is 0 Å². The molecule has 0 spiro atoms. The molecule has 0 aliphatic carbocycles. The molecule has 0 radical (unpaired) electrons. The van der Waals surface area contributed by atoms with Crippen LogP contribution in [0, 0.1) is 0 Å². The van der Waals surface area contributed by atoms with E-state index in [1.807, 2.05) is 48.5 Å². The lowest BCUT2D eigenvalue weighted by Crippen LogP contribution is -2.38. The van der Waals surface area contributed by atoms with Crippen molar-refractivity contribution in [3.63, 3.8) is 0 Å². The minimum absolute atomic E-state index is 0.0150. The van der Waals surface area contributed by atoms with Crippen LogP contribution in [0.15, 0.2) is 97.1 Å². The normalized spacial score (nSPS) is 13.0. The third-order valence-electron chi connectivity index (χ3n) is 9.71. The van der Waals surface area contributed by atoms with Crippen LogP contribution >= 0.6 is 0 Å². The van der Waals surface area contributed by atoms with Crippen molar-refractivity contribution in [3.8, 4) is 11.5 Å². The predicted molar refractivity (Wildman–Crippen MR) is 208 cm³/mol. The van der Waals surface area contributed by atoms with E-state index in [1.54, 1.807) is 24.3 Å². The van der Waals surface area contributed by atoms with Gasteiger partial charge in [-0.05, 0) is 128 Å². The van der Waals surface area contributed by atoms with Crippen LogP contribution in [0.25, 0.3) is 0 Å². The van der Waals surface area contributed by atoms with Gasteiger partial charge in [0, 0.05) is 47.1 Å². The second-order valence-electron chi connectivity index (χ2n) is 14.5. The fourth-order valence-electron chi connectivity index (χ4n) is 7.12. The number of aromatic hydroxyl groups is 2. The molecule has 6 heteroatoms. The smallest absolute Gasteiger partial charge is 0.119 e. The Balaban J connectivity index is 0.000000270. The van der Waals surface area contributed by atoms with Crippen molar-refractivity contribution in [2.75, 3.05) is 13.1 Å². The molecule has 0 heterocycles. The molecule has 4 aromatic carbocycles. The molecule has 4 N–H and O–H groups in total. The summed E-state index contributed by atoms with van der Waals surface area (Å²) in [5, 5.41) is 39.9. The number of phenols is 2. The average molecular weight is 683 g/mol. The van der Waals surface area contributed by atoms with Crippen molar-refractivity contribution in [1.29, 1.82) is 0 Å². The molecule has 0 bridgehead atoms. The standard InChI is InChI=1S/2C22H31NO2/c2*1-16(2)23(17(3)4)13-12-20(19-8-6-5-7-9-19)21-14-18(15-24)10-11-22(21)25/h2*5-11,14,16-17,20,24-25H,12-13,15H2,1-4H3/t2*20-/m10/s1. The summed E-state index contributed by atoms with van der Waals surface area (Å²) in [6.45, 7) is 19.7. The number of benzene rings is 4. The van der Waals surface area contributed by atoms with Crippen LogP contribution in [0.2, 0.25) is 0 Å². The van der Waals surface area contributed by atoms with Gasteiger partial charge in [0.25, 0.3) is 0 Å². The third-order valence-corrected chi connectivity index (χ3v) is 9.71. The lowest BCUT2D eigenvalue weighted by molar-refractivity contribution is 0.170. The molecule has 0 amide bonds. The number of hydrogen-bond donors (Lipinski definition) is 4. The van der Waals surface area contributed by atoms with E-state index in [0.29, 0.717) is 35.7 Å². The highest BCUT2D eigenvalue weighted by Crippen LogP contribution is 2.36. The zero-order valence-corrected chi connectivity index (χ0v) is 31.6. The molecule has 272 valence electrons. The van der Waals surface area contributed by atoms with E-state index >= 15 is 0 Å². The monoisotopic (exact) mass is 682 g/mol. The lowest BCUT2D eigenvalue weighted by Gasteiger charge is -2.32. The quantitative estimate of drug-likeness (QED) is 0.0944. The Labute approximate surface area is 302 Å². The first-order chi connectivity index (χ1) is 23.9. The van der Waals surface area contributed by atoms with Crippen molar-refractivity contribution >= 4 is 0 Å². The topological polar surface area (TPSA) is 87.4 Å². The maximum absolute atomic E-state index is 10.5. The van der Waals surface area contributed by atoms with Crippen molar-refractivity contribution in [2.45, 2.75) is 117 Å². The van der Waals surface area contributed by atoms with Crippen LogP contribution in [0.4, 0.5) is 0 Å². The lowest BCUT2D eigenvalue weighted by atomic mass is 9.86. The third kappa shape index (κ3) is 11.7. The van der Waals surface area contributed by atoms with Gasteiger partial charge in [0.15, 0.2) is 0 Å². The predicted octanol–water partition coefficient (Wildman–Crippen LogP) is 9.05. The first-order valence-corrected chi connectivity index (χ1v) is 18.3. The molecule has 4 rings (SSSR count). The molecule has 50 heavy (non-hydrogen) atoms. The summed E-state index contributed by atoms with van der Waals surface area (Å²) in [6.07, 6.45) is 1.84. The highest BCUT2D eigenvalue weighted by atomic mass is 16.3. The van der Waals surface area contributed by atoms with E-state index in [0.717, 1.165) is 48.2 Å². The maximum atomic E-state index is 10.5. The Kier molecular flexibility index (Phi) is 16.5. The van der Waals surface area contributed by atoms with Crippen molar-refractivity contribution < 1.29 is 20.4 Å². The van der Waals surface area contributed by atoms with Gasteiger partial charge < -0.3 is 20.4 Å².